The van der Waals surface area contributed by atoms with Crippen LogP contribution in [0.1, 0.15) is 28.2 Å². The fourth-order valence-corrected chi connectivity index (χ4v) is 3.88. The van der Waals surface area contributed by atoms with Crippen LogP contribution in [0.5, 0.6) is 5.75 Å². The maximum Gasteiger partial charge on any atom is 0.416 e. The van der Waals surface area contributed by atoms with Gasteiger partial charge in [0.25, 0.3) is 0 Å². The van der Waals surface area contributed by atoms with Crippen LogP contribution in [0, 0.1) is 18.7 Å². The van der Waals surface area contributed by atoms with Gasteiger partial charge in [-0.15, -0.1) is 0 Å². The molecule has 1 aliphatic rings. The van der Waals surface area contributed by atoms with Crippen molar-refractivity contribution in [3.05, 3.63) is 64.5 Å². The number of methoxy groups -OCH3 is 1. The molecule has 1 fully saturated rings. The van der Waals surface area contributed by atoms with E-state index in [4.69, 9.17) is 4.74 Å². The number of amides is 1. The highest BCUT2D eigenvalue weighted by Crippen LogP contribution is 2.41. The van der Waals surface area contributed by atoms with Crippen molar-refractivity contribution >= 4 is 11.7 Å². The van der Waals surface area contributed by atoms with Crippen molar-refractivity contribution in [2.45, 2.75) is 25.4 Å². The second kappa shape index (κ2) is 8.08. The van der Waals surface area contributed by atoms with E-state index < -0.39 is 41.1 Å². The molecular weight excluding hydrogens is 402 g/mol. The fourth-order valence-electron chi connectivity index (χ4n) is 3.88. The van der Waals surface area contributed by atoms with Gasteiger partial charge >= 0.3 is 6.18 Å². The third-order valence-electron chi connectivity index (χ3n) is 5.57. The van der Waals surface area contributed by atoms with Gasteiger partial charge < -0.3 is 9.64 Å². The van der Waals surface area contributed by atoms with Gasteiger partial charge in [-0.2, -0.15) is 13.2 Å². The van der Waals surface area contributed by atoms with Crippen LogP contribution in [0.15, 0.2) is 36.4 Å². The van der Waals surface area contributed by atoms with Crippen LogP contribution in [0.3, 0.4) is 0 Å². The minimum atomic E-state index is -4.54. The summed E-state index contributed by atoms with van der Waals surface area (Å²) in [5.41, 5.74) is 0.283. The van der Waals surface area contributed by atoms with Crippen LogP contribution >= 0.6 is 0 Å². The number of hydrogen-bond acceptors (Lipinski definition) is 3. The summed E-state index contributed by atoms with van der Waals surface area (Å²) >= 11 is 0. The summed E-state index contributed by atoms with van der Waals surface area (Å²) in [6.07, 6.45) is -4.69. The van der Waals surface area contributed by atoms with Crippen LogP contribution in [-0.2, 0) is 22.2 Å². The Morgan fingerprint density at radius 2 is 1.93 bits per heavy atom. The molecule has 0 unspecified atom stereocenters. The third kappa shape index (κ3) is 4.04. The smallest absolute Gasteiger partial charge is 0.416 e. The molecule has 2 aromatic carbocycles. The van der Waals surface area contributed by atoms with Crippen molar-refractivity contribution in [2.24, 2.45) is 5.92 Å². The van der Waals surface area contributed by atoms with Gasteiger partial charge in [0.15, 0.2) is 0 Å². The second-order valence-corrected chi connectivity index (χ2v) is 7.42. The largest absolute Gasteiger partial charge is 0.496 e. The summed E-state index contributed by atoms with van der Waals surface area (Å²) in [4.78, 5) is 27.1. The number of ether oxygens (including phenoxy) is 1. The van der Waals surface area contributed by atoms with Crippen molar-refractivity contribution in [3.63, 3.8) is 0 Å². The number of halogens is 4. The molecule has 0 radical (unpaired) electrons. The minimum absolute atomic E-state index is 0.0299. The number of likely N-dealkylation sites (N-methyl/N-ethyl adjacent to an activating group) is 1. The number of carbonyl (C=O) groups excluding carboxylic acids is 2. The quantitative estimate of drug-likeness (QED) is 0.536. The Kier molecular flexibility index (Phi) is 5.87. The Balaban J connectivity index is 1.97. The standard InChI is InChI=1S/C22H21F4NO3/c1-12-13(5-4-6-17(12)23)9-18(28)20-16(11-27(2)21(20)29)15-8-7-14(22(24,25)26)10-19(15)30-3/h4-8,10,16,20H,9,11H2,1-3H3/t16-,20+/m1/s1. The average molecular weight is 423 g/mol. The van der Waals surface area contributed by atoms with E-state index in [0.29, 0.717) is 16.7 Å². The molecule has 4 nitrogen and oxygen atoms in total. The van der Waals surface area contributed by atoms with E-state index in [1.165, 1.54) is 37.3 Å². The van der Waals surface area contributed by atoms with Crippen molar-refractivity contribution in [2.75, 3.05) is 20.7 Å². The van der Waals surface area contributed by atoms with Crippen molar-refractivity contribution < 1.29 is 31.9 Å². The number of likely N-dealkylation sites (tertiary alicyclic amines) is 1. The first kappa shape index (κ1) is 21.8. The van der Waals surface area contributed by atoms with Crippen molar-refractivity contribution in [1.29, 1.82) is 0 Å². The number of alkyl halides is 3. The zero-order valence-corrected chi connectivity index (χ0v) is 16.7. The van der Waals surface area contributed by atoms with E-state index >= 15 is 0 Å². The Hall–Kier alpha value is -2.90. The summed E-state index contributed by atoms with van der Waals surface area (Å²) in [7, 11) is 2.78. The molecule has 1 amide bonds. The molecule has 3 rings (SSSR count). The third-order valence-corrected chi connectivity index (χ3v) is 5.57. The lowest BCUT2D eigenvalue weighted by atomic mass is 9.82. The Labute approximate surface area is 171 Å². The van der Waals surface area contributed by atoms with Gasteiger partial charge in [-0.25, -0.2) is 4.39 Å². The van der Waals surface area contributed by atoms with Crippen LogP contribution < -0.4 is 4.74 Å². The summed E-state index contributed by atoms with van der Waals surface area (Å²) in [5.74, 6) is -3.05. The normalized spacial score (nSPS) is 19.3. The Morgan fingerprint density at radius 3 is 2.57 bits per heavy atom. The Bertz CT molecular complexity index is 987. The van der Waals surface area contributed by atoms with Gasteiger partial charge in [-0.3, -0.25) is 9.59 Å². The highest BCUT2D eigenvalue weighted by molar-refractivity contribution is 6.04. The number of Topliss-reactive ketones (excluding diaryl/α,β-unsaturated/α-hetero) is 1. The fraction of sp³-hybridized carbons (Fsp3) is 0.364. The maximum absolute atomic E-state index is 13.8. The van der Waals surface area contributed by atoms with E-state index in [9.17, 15) is 27.2 Å². The molecule has 0 saturated carbocycles. The number of ketones is 1. The average Bonchev–Trinajstić information content (AvgIpc) is 2.98. The number of rotatable bonds is 5. The number of carbonyl (C=O) groups is 2. The molecular formula is C22H21F4NO3. The molecule has 0 spiro atoms. The summed E-state index contributed by atoms with van der Waals surface area (Å²) < 4.78 is 58.1. The van der Waals surface area contributed by atoms with Crippen LogP contribution in [0.4, 0.5) is 17.6 Å². The zero-order chi connectivity index (χ0) is 22.2. The van der Waals surface area contributed by atoms with Gasteiger partial charge in [0, 0.05) is 31.5 Å². The molecule has 1 aliphatic heterocycles. The molecule has 2 atom stereocenters. The molecule has 0 bridgehead atoms. The molecule has 0 aliphatic carbocycles. The van der Waals surface area contributed by atoms with Crippen LogP contribution in [-0.4, -0.2) is 37.3 Å². The summed E-state index contributed by atoms with van der Waals surface area (Å²) in [6, 6.07) is 7.44. The summed E-state index contributed by atoms with van der Waals surface area (Å²) in [5, 5.41) is 0. The number of hydrogen-bond donors (Lipinski definition) is 0. The predicted molar refractivity (Wildman–Crippen MR) is 102 cm³/mol. The minimum Gasteiger partial charge on any atom is -0.496 e. The SMILES string of the molecule is COc1cc(C(F)(F)F)ccc1[C@H]1CN(C)C(=O)[C@@H]1C(=O)Cc1cccc(F)c1C. The highest BCUT2D eigenvalue weighted by atomic mass is 19.4. The molecule has 0 aromatic heterocycles. The highest BCUT2D eigenvalue weighted by Gasteiger charge is 2.45. The molecule has 1 heterocycles. The molecule has 30 heavy (non-hydrogen) atoms. The zero-order valence-electron chi connectivity index (χ0n) is 16.7. The maximum atomic E-state index is 13.8. The number of nitrogens with zero attached hydrogens (tertiary/aromatic N) is 1. The molecule has 2 aromatic rings. The van der Waals surface area contributed by atoms with Gasteiger partial charge in [0.1, 0.15) is 23.3 Å². The van der Waals surface area contributed by atoms with E-state index in [1.807, 2.05) is 0 Å². The lowest BCUT2D eigenvalue weighted by Gasteiger charge is -2.20. The first-order valence-corrected chi connectivity index (χ1v) is 9.31. The van der Waals surface area contributed by atoms with Gasteiger partial charge in [0.05, 0.1) is 12.7 Å². The molecule has 160 valence electrons. The van der Waals surface area contributed by atoms with Crippen molar-refractivity contribution in [1.82, 2.24) is 4.90 Å². The van der Waals surface area contributed by atoms with E-state index in [1.54, 1.807) is 13.0 Å². The molecule has 8 heteroatoms. The van der Waals surface area contributed by atoms with Crippen LogP contribution in [0.2, 0.25) is 0 Å². The predicted octanol–water partition coefficient (Wildman–Crippen LogP) is 4.15. The van der Waals surface area contributed by atoms with Gasteiger partial charge in [0.2, 0.25) is 5.91 Å². The lowest BCUT2D eigenvalue weighted by molar-refractivity contribution is -0.138. The summed E-state index contributed by atoms with van der Waals surface area (Å²) in [6.45, 7) is 1.72. The van der Waals surface area contributed by atoms with Gasteiger partial charge in [-0.1, -0.05) is 18.2 Å². The number of benzene rings is 2. The van der Waals surface area contributed by atoms with Crippen LogP contribution in [0.25, 0.3) is 0 Å². The first-order valence-electron chi connectivity index (χ1n) is 9.31. The van der Waals surface area contributed by atoms with E-state index in [-0.39, 0.29) is 18.7 Å². The monoisotopic (exact) mass is 423 g/mol. The lowest BCUT2D eigenvalue weighted by Crippen LogP contribution is -2.29. The Morgan fingerprint density at radius 1 is 1.23 bits per heavy atom. The topological polar surface area (TPSA) is 46.6 Å². The second-order valence-electron chi connectivity index (χ2n) is 7.42. The van der Waals surface area contributed by atoms with E-state index in [0.717, 1.165) is 12.1 Å². The molecule has 1 saturated heterocycles. The van der Waals surface area contributed by atoms with E-state index in [2.05, 4.69) is 0 Å². The van der Waals surface area contributed by atoms with Crippen molar-refractivity contribution in [3.8, 4) is 5.75 Å². The molecule has 0 N–H and O–H groups in total. The first-order chi connectivity index (χ1) is 14.0. The van der Waals surface area contributed by atoms with Gasteiger partial charge in [-0.05, 0) is 36.2 Å².